The largest absolute Gasteiger partial charge is 0.457 e. The Morgan fingerprint density at radius 3 is 1.10 bits per heavy atom. The molecule has 4 aromatic rings. The van der Waals surface area contributed by atoms with Gasteiger partial charge in [-0.05, 0) is 83.6 Å². The van der Waals surface area contributed by atoms with Crippen LogP contribution >= 0.6 is 23.2 Å². The fourth-order valence-electron chi connectivity index (χ4n) is 4.91. The monoisotopic (exact) mass is 588 g/mol. The van der Waals surface area contributed by atoms with Crippen molar-refractivity contribution in [1.29, 1.82) is 0 Å². The standard InChI is InChI=1S/C37H42Cl2O2/c1-5-7-9-35(38)27-11-19-31(20-12-27)40-33-23-15-29(16-24-33)37(3,4)30-17-25-34(26-18-30)41-32-21-13-28(14-22-32)36(39)10-8-6-2/h11-26,35-36H,5-10H2,1-4H3. The van der Waals surface area contributed by atoms with Crippen LogP contribution in [-0.2, 0) is 5.41 Å². The van der Waals surface area contributed by atoms with Gasteiger partial charge in [-0.25, -0.2) is 0 Å². The number of ether oxygens (including phenoxy) is 2. The number of unbranched alkanes of at least 4 members (excludes halogenated alkanes) is 2. The molecular weight excluding hydrogens is 547 g/mol. The van der Waals surface area contributed by atoms with Crippen LogP contribution in [0.25, 0.3) is 0 Å². The minimum Gasteiger partial charge on any atom is -0.457 e. The Morgan fingerprint density at radius 1 is 0.512 bits per heavy atom. The van der Waals surface area contributed by atoms with E-state index in [0.717, 1.165) is 72.6 Å². The van der Waals surface area contributed by atoms with E-state index >= 15 is 0 Å². The molecule has 0 heterocycles. The zero-order chi connectivity index (χ0) is 29.2. The molecule has 4 rings (SSSR count). The van der Waals surface area contributed by atoms with Gasteiger partial charge in [-0.15, -0.1) is 23.2 Å². The van der Waals surface area contributed by atoms with Crippen LogP contribution in [0.1, 0.15) is 99.2 Å². The Hall–Kier alpha value is -2.94. The summed E-state index contributed by atoms with van der Waals surface area (Å²) in [6, 6.07) is 32.9. The maximum absolute atomic E-state index is 6.53. The molecule has 2 atom stereocenters. The van der Waals surface area contributed by atoms with Crippen LogP contribution in [0.4, 0.5) is 0 Å². The fourth-order valence-corrected chi connectivity index (χ4v) is 5.51. The van der Waals surface area contributed by atoms with Crippen molar-refractivity contribution in [2.75, 3.05) is 0 Å². The van der Waals surface area contributed by atoms with Gasteiger partial charge in [-0.1, -0.05) is 102 Å². The van der Waals surface area contributed by atoms with Crippen LogP contribution in [0.5, 0.6) is 23.0 Å². The number of alkyl halides is 2. The van der Waals surface area contributed by atoms with Crippen molar-refractivity contribution < 1.29 is 9.47 Å². The number of halogens is 2. The second-order valence-corrected chi connectivity index (χ2v) is 12.3. The SMILES string of the molecule is CCCCC(Cl)c1ccc(Oc2ccc(C(C)(C)c3ccc(Oc4ccc(C(Cl)CCCC)cc4)cc3)cc2)cc1. The van der Waals surface area contributed by atoms with E-state index in [1.165, 1.54) is 11.1 Å². The highest BCUT2D eigenvalue weighted by molar-refractivity contribution is 6.21. The van der Waals surface area contributed by atoms with E-state index in [9.17, 15) is 0 Å². The maximum atomic E-state index is 6.53. The van der Waals surface area contributed by atoms with Crippen molar-refractivity contribution in [2.45, 2.75) is 82.4 Å². The number of benzene rings is 4. The van der Waals surface area contributed by atoms with Crippen molar-refractivity contribution in [3.8, 4) is 23.0 Å². The van der Waals surface area contributed by atoms with Crippen LogP contribution < -0.4 is 9.47 Å². The quantitative estimate of drug-likeness (QED) is 0.136. The van der Waals surface area contributed by atoms with Gasteiger partial charge in [0.25, 0.3) is 0 Å². The summed E-state index contributed by atoms with van der Waals surface area (Å²) in [6.45, 7) is 8.84. The molecule has 216 valence electrons. The van der Waals surface area contributed by atoms with E-state index in [2.05, 4.69) is 76.2 Å². The second-order valence-electron chi connectivity index (χ2n) is 11.2. The predicted octanol–water partition coefficient (Wildman–Crippen LogP) is 12.5. The Labute approximate surface area is 256 Å². The molecule has 0 aromatic heterocycles. The summed E-state index contributed by atoms with van der Waals surface area (Å²) < 4.78 is 12.2. The molecular formula is C37H42Cl2O2. The molecule has 0 aliphatic heterocycles. The Kier molecular flexibility index (Phi) is 11.2. The molecule has 0 saturated heterocycles. The van der Waals surface area contributed by atoms with E-state index in [4.69, 9.17) is 32.7 Å². The first-order chi connectivity index (χ1) is 19.8. The lowest BCUT2D eigenvalue weighted by Crippen LogP contribution is -2.18. The van der Waals surface area contributed by atoms with E-state index < -0.39 is 0 Å². The molecule has 41 heavy (non-hydrogen) atoms. The smallest absolute Gasteiger partial charge is 0.127 e. The van der Waals surface area contributed by atoms with E-state index in [0.29, 0.717) is 0 Å². The molecule has 0 bridgehead atoms. The van der Waals surface area contributed by atoms with Crippen molar-refractivity contribution >= 4 is 23.2 Å². The highest BCUT2D eigenvalue weighted by Gasteiger charge is 2.23. The van der Waals surface area contributed by atoms with Crippen LogP contribution in [0.15, 0.2) is 97.1 Å². The molecule has 0 fully saturated rings. The van der Waals surface area contributed by atoms with Gasteiger partial charge in [-0.2, -0.15) is 0 Å². The summed E-state index contributed by atoms with van der Waals surface area (Å²) in [7, 11) is 0. The molecule has 0 N–H and O–H groups in total. The summed E-state index contributed by atoms with van der Waals surface area (Å²) in [4.78, 5) is 0. The average Bonchev–Trinajstić information content (AvgIpc) is 3.00. The minimum atomic E-state index is -0.179. The van der Waals surface area contributed by atoms with Crippen LogP contribution in [-0.4, -0.2) is 0 Å². The molecule has 0 amide bonds. The third-order valence-electron chi connectivity index (χ3n) is 7.73. The first-order valence-electron chi connectivity index (χ1n) is 14.8. The maximum Gasteiger partial charge on any atom is 0.127 e. The molecule has 2 nitrogen and oxygen atoms in total. The van der Waals surface area contributed by atoms with Gasteiger partial charge >= 0.3 is 0 Å². The Bertz CT molecular complexity index is 1220. The average molecular weight is 590 g/mol. The van der Waals surface area contributed by atoms with Gasteiger partial charge in [0.1, 0.15) is 23.0 Å². The molecule has 0 saturated carbocycles. The fraction of sp³-hybridized carbons (Fsp3) is 0.351. The van der Waals surface area contributed by atoms with Crippen LogP contribution in [0.3, 0.4) is 0 Å². The number of rotatable bonds is 14. The summed E-state index contributed by atoms with van der Waals surface area (Å²) in [6.07, 6.45) is 6.57. The highest BCUT2D eigenvalue weighted by atomic mass is 35.5. The van der Waals surface area contributed by atoms with Gasteiger partial charge in [-0.3, -0.25) is 0 Å². The minimum absolute atomic E-state index is 0.0528. The molecule has 4 aromatic carbocycles. The first-order valence-corrected chi connectivity index (χ1v) is 15.7. The second kappa shape index (κ2) is 14.8. The van der Waals surface area contributed by atoms with E-state index in [1.54, 1.807) is 0 Å². The van der Waals surface area contributed by atoms with Gasteiger partial charge in [0.15, 0.2) is 0 Å². The van der Waals surface area contributed by atoms with E-state index in [-0.39, 0.29) is 16.2 Å². The lowest BCUT2D eigenvalue weighted by Gasteiger charge is -2.26. The summed E-state index contributed by atoms with van der Waals surface area (Å²) in [5, 5.41) is 0.106. The number of hydrogen-bond donors (Lipinski definition) is 0. The molecule has 0 aliphatic rings. The highest BCUT2D eigenvalue weighted by Crippen LogP contribution is 2.36. The van der Waals surface area contributed by atoms with Crippen molar-refractivity contribution in [2.24, 2.45) is 0 Å². The summed E-state index contributed by atoms with van der Waals surface area (Å²) in [5.41, 5.74) is 4.53. The number of hydrogen-bond acceptors (Lipinski definition) is 2. The van der Waals surface area contributed by atoms with Gasteiger partial charge in [0, 0.05) is 5.41 Å². The lowest BCUT2D eigenvalue weighted by atomic mass is 9.78. The van der Waals surface area contributed by atoms with Crippen LogP contribution in [0.2, 0.25) is 0 Å². The summed E-state index contributed by atoms with van der Waals surface area (Å²) >= 11 is 13.1. The van der Waals surface area contributed by atoms with Crippen molar-refractivity contribution in [1.82, 2.24) is 0 Å². The topological polar surface area (TPSA) is 18.5 Å². The molecule has 0 radical (unpaired) electrons. The Morgan fingerprint density at radius 2 is 0.805 bits per heavy atom. The third-order valence-corrected chi connectivity index (χ3v) is 8.67. The normalized spacial score (nSPS) is 13.0. The van der Waals surface area contributed by atoms with Gasteiger partial charge in [0.05, 0.1) is 10.8 Å². The van der Waals surface area contributed by atoms with Gasteiger partial charge in [0.2, 0.25) is 0 Å². The molecule has 4 heteroatoms. The summed E-state index contributed by atoms with van der Waals surface area (Å²) in [5.74, 6) is 3.24. The third kappa shape index (κ3) is 8.53. The van der Waals surface area contributed by atoms with Gasteiger partial charge < -0.3 is 9.47 Å². The molecule has 0 spiro atoms. The predicted molar refractivity (Wildman–Crippen MR) is 174 cm³/mol. The van der Waals surface area contributed by atoms with E-state index in [1.807, 2.05) is 48.5 Å². The van der Waals surface area contributed by atoms with Crippen LogP contribution in [0, 0.1) is 0 Å². The zero-order valence-corrected chi connectivity index (χ0v) is 26.2. The first kappa shape index (κ1) is 31.0. The van der Waals surface area contributed by atoms with Crippen molar-refractivity contribution in [3.63, 3.8) is 0 Å². The Balaban J connectivity index is 1.35. The molecule has 0 aliphatic carbocycles. The van der Waals surface area contributed by atoms with Crippen molar-refractivity contribution in [3.05, 3.63) is 119 Å². The molecule has 2 unspecified atom stereocenters. The lowest BCUT2D eigenvalue weighted by molar-refractivity contribution is 0.481. The zero-order valence-electron chi connectivity index (χ0n) is 24.7.